The van der Waals surface area contributed by atoms with Gasteiger partial charge in [-0.2, -0.15) is 0 Å². The van der Waals surface area contributed by atoms with Crippen LogP contribution in [0.1, 0.15) is 103 Å². The number of carbonyl (C=O) groups excluding carboxylic acids is 2. The predicted molar refractivity (Wildman–Crippen MR) is 231 cm³/mol. The van der Waals surface area contributed by atoms with Crippen LogP contribution in [0, 0.1) is 5.41 Å². The molecule has 2 aromatic carbocycles. The van der Waals surface area contributed by atoms with E-state index in [0.29, 0.717) is 37.6 Å². The first kappa shape index (κ1) is 48.2. The Kier molecular flexibility index (Phi) is 20.9. The summed E-state index contributed by atoms with van der Waals surface area (Å²) in [5.74, 6) is 1.57. The van der Waals surface area contributed by atoms with Gasteiger partial charge in [-0.3, -0.25) is 9.59 Å². The van der Waals surface area contributed by atoms with Gasteiger partial charge in [-0.15, -0.1) is 0 Å². The molecule has 0 bridgehead atoms. The van der Waals surface area contributed by atoms with Crippen molar-refractivity contribution < 1.29 is 34.4 Å². The van der Waals surface area contributed by atoms with Crippen molar-refractivity contribution >= 4 is 18.0 Å². The lowest BCUT2D eigenvalue weighted by Crippen LogP contribution is -2.46. The monoisotopic (exact) mass is 791 g/mol. The van der Waals surface area contributed by atoms with Gasteiger partial charge in [0, 0.05) is 43.1 Å². The van der Waals surface area contributed by atoms with E-state index in [1.807, 2.05) is 64.6 Å². The molecular formula is C46H70N4O7. The van der Waals surface area contributed by atoms with Crippen LogP contribution in [-0.2, 0) is 33.7 Å². The minimum Gasteiger partial charge on any atom is -0.512 e. The van der Waals surface area contributed by atoms with E-state index in [1.54, 1.807) is 19.4 Å². The molecule has 2 atom stereocenters. The van der Waals surface area contributed by atoms with Crippen molar-refractivity contribution in [3.63, 3.8) is 0 Å². The molecule has 0 aromatic heterocycles. The maximum Gasteiger partial charge on any atom is 0.256 e. The Morgan fingerprint density at radius 1 is 1.02 bits per heavy atom. The number of ether oxygens (including phenoxy) is 3. The highest BCUT2D eigenvalue weighted by atomic mass is 16.5. The first-order valence-corrected chi connectivity index (χ1v) is 20.8. The zero-order valence-corrected chi connectivity index (χ0v) is 35.8. The van der Waals surface area contributed by atoms with Crippen LogP contribution in [0.5, 0.6) is 11.5 Å². The van der Waals surface area contributed by atoms with Gasteiger partial charge in [0.1, 0.15) is 6.26 Å². The van der Waals surface area contributed by atoms with Crippen molar-refractivity contribution in [1.29, 1.82) is 0 Å². The number of carbonyl (C=O) groups is 2. The summed E-state index contributed by atoms with van der Waals surface area (Å²) in [6, 6.07) is 12.5. The van der Waals surface area contributed by atoms with Crippen LogP contribution in [0.25, 0.3) is 0 Å². The number of aliphatic hydroxyl groups excluding tert-OH is 1. The summed E-state index contributed by atoms with van der Waals surface area (Å²) in [5.41, 5.74) is 6.19. The van der Waals surface area contributed by atoms with Crippen molar-refractivity contribution in [2.75, 3.05) is 39.2 Å². The molecule has 0 radical (unpaired) electrons. The molecule has 2 amide bonds. The third-order valence-corrected chi connectivity index (χ3v) is 10.6. The van der Waals surface area contributed by atoms with Crippen LogP contribution in [0.2, 0.25) is 0 Å². The van der Waals surface area contributed by atoms with Gasteiger partial charge in [0.05, 0.1) is 32.4 Å². The summed E-state index contributed by atoms with van der Waals surface area (Å²) in [5, 5.41) is 16.3. The minimum atomic E-state index is -0.0902. The minimum absolute atomic E-state index is 0. The molecule has 2 fully saturated rings. The number of fused-ring (bicyclic) bond motifs is 3. The lowest BCUT2D eigenvalue weighted by molar-refractivity contribution is -0.129. The third-order valence-electron chi connectivity index (χ3n) is 10.6. The fraction of sp³-hybridized carbons (Fsp3) is 0.522. The molecule has 3 heterocycles. The quantitative estimate of drug-likeness (QED) is 0.0795. The Morgan fingerprint density at radius 2 is 1.74 bits per heavy atom. The zero-order chi connectivity index (χ0) is 41.1. The predicted octanol–water partition coefficient (Wildman–Crippen LogP) is 8.41. The molecule has 57 heavy (non-hydrogen) atoms. The molecule has 11 nitrogen and oxygen atoms in total. The Morgan fingerprint density at radius 3 is 2.37 bits per heavy atom. The number of anilines is 1. The summed E-state index contributed by atoms with van der Waals surface area (Å²) in [4.78, 5) is 29.3. The largest absolute Gasteiger partial charge is 0.512 e. The molecule has 11 heteroatoms. The van der Waals surface area contributed by atoms with Crippen molar-refractivity contribution in [3.05, 3.63) is 101 Å². The molecule has 2 unspecified atom stereocenters. The zero-order valence-electron chi connectivity index (χ0n) is 35.8. The van der Waals surface area contributed by atoms with Gasteiger partial charge >= 0.3 is 0 Å². The SMILES string of the molecule is C=CN1CC2Cc3ccccc3CN2C(=O)C(=C/C(=C/O)OC)/C1=C\CCCCCOc1cc2c(cc1OC)CC1(CC1)CC(NC=O)CN2.CC.CC.CC.O. The van der Waals surface area contributed by atoms with Gasteiger partial charge in [0.15, 0.2) is 17.3 Å². The molecule has 2 aromatic rings. The van der Waals surface area contributed by atoms with E-state index in [2.05, 4.69) is 46.4 Å². The second-order valence-electron chi connectivity index (χ2n) is 13.9. The summed E-state index contributed by atoms with van der Waals surface area (Å²) in [6.07, 6.45) is 15.7. The standard InChI is InChI=1S/C40H50N4O6.3C2H6.H2O/c1-4-43-25-32-17-28-11-8-9-12-29(28)24-44(32)39(47)34(19-33(26-45)48-2)36(43)13-7-5-6-10-16-50-38-20-35-30(18-37(38)49-3)21-40(14-15-40)22-31(23-41-35)42-27-46;3*1-2;/h4,8-9,11-13,18-20,26-27,31-32,41,45H,1,5-7,10,14-17,21-25H2,2-3H3,(H,42,46);3*1-2H3;1H2/b33-26-,34-19+,36-13+;;;;. The Bertz CT molecular complexity index is 1670. The van der Waals surface area contributed by atoms with Crippen LogP contribution >= 0.6 is 0 Å². The highest BCUT2D eigenvalue weighted by Gasteiger charge is 2.45. The van der Waals surface area contributed by atoms with Gasteiger partial charge in [-0.1, -0.05) is 78.5 Å². The van der Waals surface area contributed by atoms with Gasteiger partial charge in [0.2, 0.25) is 6.41 Å². The van der Waals surface area contributed by atoms with Gasteiger partial charge in [-0.25, -0.2) is 0 Å². The molecule has 1 saturated heterocycles. The van der Waals surface area contributed by atoms with Crippen LogP contribution in [0.3, 0.4) is 0 Å². The van der Waals surface area contributed by atoms with E-state index in [1.165, 1.54) is 31.1 Å². The summed E-state index contributed by atoms with van der Waals surface area (Å²) in [7, 11) is 3.15. The average molecular weight is 791 g/mol. The molecule has 3 aliphatic heterocycles. The molecule has 1 saturated carbocycles. The number of hydrogen-bond acceptors (Lipinski definition) is 8. The van der Waals surface area contributed by atoms with Crippen molar-refractivity contribution in [2.24, 2.45) is 5.41 Å². The molecule has 6 rings (SSSR count). The smallest absolute Gasteiger partial charge is 0.256 e. The van der Waals surface area contributed by atoms with E-state index in [0.717, 1.165) is 80.3 Å². The average Bonchev–Trinajstić information content (AvgIpc) is 4.02. The second kappa shape index (κ2) is 24.7. The van der Waals surface area contributed by atoms with E-state index in [9.17, 15) is 14.7 Å². The number of aliphatic hydroxyl groups is 1. The van der Waals surface area contributed by atoms with Crippen LogP contribution in [0.4, 0.5) is 5.69 Å². The van der Waals surface area contributed by atoms with Crippen molar-refractivity contribution in [1.82, 2.24) is 15.1 Å². The lowest BCUT2D eigenvalue weighted by atomic mass is 9.87. The van der Waals surface area contributed by atoms with E-state index >= 15 is 0 Å². The number of hydrogen-bond donors (Lipinski definition) is 3. The number of nitrogens with zero attached hydrogens (tertiary/aromatic N) is 2. The van der Waals surface area contributed by atoms with E-state index < -0.39 is 0 Å². The van der Waals surface area contributed by atoms with E-state index in [4.69, 9.17) is 14.2 Å². The molecule has 316 valence electrons. The number of amides is 2. The number of benzene rings is 2. The molecule has 1 spiro atoms. The molecule has 5 N–H and O–H groups in total. The number of rotatable bonds is 13. The highest BCUT2D eigenvalue weighted by Crippen LogP contribution is 2.54. The van der Waals surface area contributed by atoms with Crippen molar-refractivity contribution in [3.8, 4) is 11.5 Å². The van der Waals surface area contributed by atoms with Crippen LogP contribution in [-0.4, -0.2) is 78.7 Å². The van der Waals surface area contributed by atoms with Gasteiger partial charge in [0.25, 0.3) is 5.91 Å². The first-order valence-electron chi connectivity index (χ1n) is 20.8. The first-order chi connectivity index (χ1) is 27.4. The van der Waals surface area contributed by atoms with Gasteiger partial charge < -0.3 is 45.2 Å². The van der Waals surface area contributed by atoms with Gasteiger partial charge in [-0.05, 0) is 98.2 Å². The van der Waals surface area contributed by atoms with Crippen molar-refractivity contribution in [2.45, 2.75) is 118 Å². The number of allylic oxidation sites excluding steroid dienone is 2. The lowest BCUT2D eigenvalue weighted by Gasteiger charge is -2.36. The second-order valence-corrected chi connectivity index (χ2v) is 13.9. The van der Waals surface area contributed by atoms with E-state index in [-0.39, 0.29) is 34.6 Å². The summed E-state index contributed by atoms with van der Waals surface area (Å²) in [6.45, 7) is 18.5. The third kappa shape index (κ3) is 12.5. The van der Waals surface area contributed by atoms with Crippen LogP contribution < -0.4 is 20.1 Å². The Hall–Kier alpha value is -4.90. The Balaban J connectivity index is 0.00000153. The molecule has 1 aliphatic carbocycles. The number of methoxy groups -OCH3 is 2. The topological polar surface area (TPSA) is 144 Å². The fourth-order valence-electron chi connectivity index (χ4n) is 7.66. The maximum absolute atomic E-state index is 14.1. The summed E-state index contributed by atoms with van der Waals surface area (Å²) >= 11 is 0. The summed E-state index contributed by atoms with van der Waals surface area (Å²) < 4.78 is 17.3. The van der Waals surface area contributed by atoms with Crippen LogP contribution in [0.15, 0.2) is 84.6 Å². The molecule has 4 aliphatic rings. The fourth-order valence-corrected chi connectivity index (χ4v) is 7.66. The number of unbranched alkanes of at least 4 members (excludes halogenated alkanes) is 3. The molecular weight excluding hydrogens is 721 g/mol. The highest BCUT2D eigenvalue weighted by molar-refractivity contribution is 5.99. The Labute approximate surface area is 342 Å². The maximum atomic E-state index is 14.1. The normalized spacial score (nSPS) is 20.2. The number of nitrogens with one attached hydrogen (secondary N) is 2.